The minimum Gasteiger partial charge on any atom is -0.469 e. The maximum atomic E-state index is 11.6. The van der Waals surface area contributed by atoms with Crippen LogP contribution in [0, 0.1) is 5.41 Å². The van der Waals surface area contributed by atoms with Gasteiger partial charge in [0.15, 0.2) is 0 Å². The highest BCUT2D eigenvalue weighted by molar-refractivity contribution is 5.77. The zero-order valence-electron chi connectivity index (χ0n) is 8.63. The summed E-state index contributed by atoms with van der Waals surface area (Å²) in [4.78, 5) is 11.6. The number of hydrogen-bond acceptors (Lipinski definition) is 3. The van der Waals surface area contributed by atoms with Crippen LogP contribution in [0.3, 0.4) is 0 Å². The van der Waals surface area contributed by atoms with E-state index in [9.17, 15) is 4.79 Å². The molecule has 0 aromatic heterocycles. The molecule has 0 aromatic rings. The Labute approximate surface area is 79.4 Å². The van der Waals surface area contributed by atoms with Crippen LogP contribution >= 0.6 is 0 Å². The molecule has 0 radical (unpaired) electrons. The van der Waals surface area contributed by atoms with Gasteiger partial charge in [0.25, 0.3) is 0 Å². The van der Waals surface area contributed by atoms with E-state index in [1.165, 1.54) is 7.11 Å². The van der Waals surface area contributed by atoms with E-state index in [0.29, 0.717) is 0 Å². The minimum absolute atomic E-state index is 0.0394. The third-order valence-corrected chi connectivity index (χ3v) is 3.22. The molecule has 3 heteroatoms. The summed E-state index contributed by atoms with van der Waals surface area (Å²) in [6.07, 6.45) is 3.96. The van der Waals surface area contributed by atoms with Crippen LogP contribution in [0.15, 0.2) is 0 Å². The van der Waals surface area contributed by atoms with Crippen molar-refractivity contribution in [2.24, 2.45) is 5.41 Å². The first-order chi connectivity index (χ1) is 6.17. The van der Waals surface area contributed by atoms with E-state index in [1.807, 2.05) is 6.92 Å². The highest BCUT2D eigenvalue weighted by Gasteiger charge is 2.47. The summed E-state index contributed by atoms with van der Waals surface area (Å²) in [5.74, 6) is -0.112. The van der Waals surface area contributed by atoms with Gasteiger partial charge in [-0.25, -0.2) is 0 Å². The summed E-state index contributed by atoms with van der Waals surface area (Å²) in [6, 6.07) is 0. The van der Waals surface area contributed by atoms with E-state index in [0.717, 1.165) is 25.7 Å². The molecule has 1 rings (SSSR count). The predicted octanol–water partition coefficient (Wildman–Crippen LogP) is 1.75. The zero-order valence-corrected chi connectivity index (χ0v) is 8.63. The molecule has 1 fully saturated rings. The fourth-order valence-corrected chi connectivity index (χ4v) is 2.21. The largest absolute Gasteiger partial charge is 0.469 e. The molecule has 76 valence electrons. The van der Waals surface area contributed by atoms with Crippen LogP contribution in [0.2, 0.25) is 0 Å². The quantitative estimate of drug-likeness (QED) is 0.630. The van der Waals surface area contributed by atoms with Crippen molar-refractivity contribution >= 4 is 5.97 Å². The monoisotopic (exact) mass is 186 g/mol. The molecule has 0 heterocycles. The summed E-state index contributed by atoms with van der Waals surface area (Å²) in [5, 5.41) is 0. The van der Waals surface area contributed by atoms with Gasteiger partial charge in [-0.15, -0.1) is 0 Å². The third kappa shape index (κ3) is 1.70. The van der Waals surface area contributed by atoms with Crippen molar-refractivity contribution in [2.45, 2.75) is 38.7 Å². The van der Waals surface area contributed by atoms with Crippen molar-refractivity contribution in [1.29, 1.82) is 0 Å². The zero-order chi connectivity index (χ0) is 9.90. The summed E-state index contributed by atoms with van der Waals surface area (Å²) in [7, 11) is 3.10. The Bertz CT molecular complexity index is 183. The van der Waals surface area contributed by atoms with Gasteiger partial charge in [-0.05, 0) is 19.8 Å². The third-order valence-electron chi connectivity index (χ3n) is 3.22. The second-order valence-electron chi connectivity index (χ2n) is 3.73. The number of hydrogen-bond donors (Lipinski definition) is 0. The second-order valence-corrected chi connectivity index (χ2v) is 3.73. The van der Waals surface area contributed by atoms with E-state index in [2.05, 4.69) is 0 Å². The van der Waals surface area contributed by atoms with Crippen LogP contribution in [-0.2, 0) is 14.3 Å². The molecule has 0 bridgehead atoms. The van der Waals surface area contributed by atoms with Gasteiger partial charge < -0.3 is 9.47 Å². The Balaban J connectivity index is 2.80. The number of carbonyl (C=O) groups is 1. The van der Waals surface area contributed by atoms with E-state index in [-0.39, 0.29) is 17.5 Å². The van der Waals surface area contributed by atoms with E-state index < -0.39 is 0 Å². The van der Waals surface area contributed by atoms with Crippen LogP contribution in [0.4, 0.5) is 0 Å². The molecule has 0 spiro atoms. The first-order valence-electron chi connectivity index (χ1n) is 4.78. The van der Waals surface area contributed by atoms with E-state index >= 15 is 0 Å². The van der Waals surface area contributed by atoms with Crippen molar-refractivity contribution < 1.29 is 14.3 Å². The summed E-state index contributed by atoms with van der Waals surface area (Å²) in [6.45, 7) is 1.95. The Morgan fingerprint density at radius 2 is 1.85 bits per heavy atom. The number of methoxy groups -OCH3 is 2. The van der Waals surface area contributed by atoms with Gasteiger partial charge in [0, 0.05) is 7.11 Å². The lowest BCUT2D eigenvalue weighted by Gasteiger charge is -2.31. The molecule has 0 aliphatic heterocycles. The molecule has 0 aromatic carbocycles. The average molecular weight is 186 g/mol. The van der Waals surface area contributed by atoms with Crippen molar-refractivity contribution in [3.63, 3.8) is 0 Å². The highest BCUT2D eigenvalue weighted by atomic mass is 16.5. The molecule has 0 N–H and O–H groups in total. The van der Waals surface area contributed by atoms with Crippen LogP contribution in [-0.4, -0.2) is 26.3 Å². The fraction of sp³-hybridized carbons (Fsp3) is 0.900. The highest BCUT2D eigenvalue weighted by Crippen LogP contribution is 2.43. The van der Waals surface area contributed by atoms with Gasteiger partial charge in [0.05, 0.1) is 18.6 Å². The number of carbonyl (C=O) groups excluding carboxylic acids is 1. The van der Waals surface area contributed by atoms with Gasteiger partial charge in [0.2, 0.25) is 0 Å². The number of ether oxygens (including phenoxy) is 2. The van der Waals surface area contributed by atoms with Crippen LogP contribution in [0.1, 0.15) is 32.6 Å². The normalized spacial score (nSPS) is 22.7. The Hall–Kier alpha value is -0.570. The Morgan fingerprint density at radius 3 is 2.23 bits per heavy atom. The molecule has 13 heavy (non-hydrogen) atoms. The molecule has 1 unspecified atom stereocenters. The maximum absolute atomic E-state index is 11.6. The number of esters is 1. The van der Waals surface area contributed by atoms with Crippen molar-refractivity contribution in [1.82, 2.24) is 0 Å². The lowest BCUT2D eigenvalue weighted by Crippen LogP contribution is -2.40. The second kappa shape index (κ2) is 4.09. The molecule has 0 amide bonds. The summed E-state index contributed by atoms with van der Waals surface area (Å²) < 4.78 is 10.1. The fourth-order valence-electron chi connectivity index (χ4n) is 2.21. The standard InChI is InChI=1S/C10H18O3/c1-8(12-2)10(9(11)13-3)6-4-5-7-10/h8H,4-7H2,1-3H3. The van der Waals surface area contributed by atoms with Gasteiger partial charge in [-0.1, -0.05) is 12.8 Å². The summed E-state index contributed by atoms with van der Waals surface area (Å²) in [5.41, 5.74) is -0.372. The van der Waals surface area contributed by atoms with Gasteiger partial charge in [0.1, 0.15) is 0 Å². The number of rotatable bonds is 3. The van der Waals surface area contributed by atoms with Crippen molar-refractivity contribution in [3.05, 3.63) is 0 Å². The predicted molar refractivity (Wildman–Crippen MR) is 49.4 cm³/mol. The van der Waals surface area contributed by atoms with E-state index in [4.69, 9.17) is 9.47 Å². The van der Waals surface area contributed by atoms with Gasteiger partial charge >= 0.3 is 5.97 Å². The van der Waals surface area contributed by atoms with Gasteiger partial charge in [-0.3, -0.25) is 4.79 Å². The molecular weight excluding hydrogens is 168 g/mol. The Kier molecular flexibility index (Phi) is 3.31. The molecule has 1 atom stereocenters. The van der Waals surface area contributed by atoms with Gasteiger partial charge in [-0.2, -0.15) is 0 Å². The minimum atomic E-state index is -0.372. The molecule has 1 aliphatic rings. The topological polar surface area (TPSA) is 35.5 Å². The molecular formula is C10H18O3. The molecule has 3 nitrogen and oxygen atoms in total. The van der Waals surface area contributed by atoms with Crippen LogP contribution in [0.5, 0.6) is 0 Å². The maximum Gasteiger partial charge on any atom is 0.314 e. The van der Waals surface area contributed by atoms with Crippen LogP contribution < -0.4 is 0 Å². The molecule has 1 saturated carbocycles. The first-order valence-corrected chi connectivity index (χ1v) is 4.78. The lowest BCUT2D eigenvalue weighted by molar-refractivity contribution is -0.160. The van der Waals surface area contributed by atoms with Crippen molar-refractivity contribution in [2.75, 3.05) is 14.2 Å². The average Bonchev–Trinajstić information content (AvgIpc) is 2.65. The smallest absolute Gasteiger partial charge is 0.314 e. The SMILES string of the molecule is COC(=O)C1(C(C)OC)CCCC1. The van der Waals surface area contributed by atoms with Crippen molar-refractivity contribution in [3.8, 4) is 0 Å². The molecule has 1 aliphatic carbocycles. The van der Waals surface area contributed by atoms with E-state index in [1.54, 1.807) is 7.11 Å². The van der Waals surface area contributed by atoms with Crippen LogP contribution in [0.25, 0.3) is 0 Å². The summed E-state index contributed by atoms with van der Waals surface area (Å²) >= 11 is 0. The molecule has 0 saturated heterocycles. The first kappa shape index (κ1) is 10.5. The lowest BCUT2D eigenvalue weighted by atomic mass is 9.81. The Morgan fingerprint density at radius 1 is 1.31 bits per heavy atom.